The maximum absolute atomic E-state index is 13.0. The highest BCUT2D eigenvalue weighted by Gasteiger charge is 2.17. The van der Waals surface area contributed by atoms with Gasteiger partial charge >= 0.3 is 0 Å². The molecule has 2 aromatic carbocycles. The third-order valence-corrected chi connectivity index (χ3v) is 3.26. The second-order valence-corrected chi connectivity index (χ2v) is 4.60. The zero-order valence-electron chi connectivity index (χ0n) is 11.8. The Morgan fingerprint density at radius 2 is 1.80 bits per heavy atom. The molecule has 0 bridgehead atoms. The molecule has 2 aromatic rings. The number of ether oxygens (including phenoxy) is 1. The van der Waals surface area contributed by atoms with Crippen molar-refractivity contribution >= 4 is 11.4 Å². The molecule has 20 heavy (non-hydrogen) atoms. The molecule has 1 unspecified atom stereocenters. The molecule has 0 heterocycles. The molecule has 106 valence electrons. The van der Waals surface area contributed by atoms with Gasteiger partial charge in [0.15, 0.2) is 0 Å². The van der Waals surface area contributed by atoms with Crippen LogP contribution in [0.3, 0.4) is 0 Å². The third kappa shape index (κ3) is 2.75. The van der Waals surface area contributed by atoms with E-state index in [0.29, 0.717) is 11.3 Å². The number of aliphatic hydroxyl groups is 1. The van der Waals surface area contributed by atoms with Gasteiger partial charge in [-0.15, -0.1) is 0 Å². The number of benzene rings is 2. The Morgan fingerprint density at radius 1 is 1.15 bits per heavy atom. The fourth-order valence-corrected chi connectivity index (χ4v) is 2.23. The van der Waals surface area contributed by atoms with Crippen LogP contribution in [0.4, 0.5) is 15.8 Å². The molecule has 0 aliphatic rings. The van der Waals surface area contributed by atoms with E-state index in [0.717, 1.165) is 11.4 Å². The Kier molecular flexibility index (Phi) is 4.25. The normalized spacial score (nSPS) is 12.1. The standard InChI is InChI=1S/C16H18FNO2/c1-11(19)16-14(5-4-6-15(16)20-3)18(2)13-9-7-12(17)8-10-13/h4-11,19H,1-3H3. The van der Waals surface area contributed by atoms with Crippen LogP contribution in [0.2, 0.25) is 0 Å². The summed E-state index contributed by atoms with van der Waals surface area (Å²) in [5.74, 6) is 0.356. The molecule has 1 atom stereocenters. The van der Waals surface area contributed by atoms with Crippen molar-refractivity contribution < 1.29 is 14.2 Å². The summed E-state index contributed by atoms with van der Waals surface area (Å²) in [5, 5.41) is 9.99. The highest BCUT2D eigenvalue weighted by atomic mass is 19.1. The Bertz CT molecular complexity index is 582. The molecule has 0 radical (unpaired) electrons. The predicted molar refractivity (Wildman–Crippen MR) is 78.1 cm³/mol. The van der Waals surface area contributed by atoms with Crippen molar-refractivity contribution in [3.8, 4) is 5.75 Å². The number of methoxy groups -OCH3 is 1. The largest absolute Gasteiger partial charge is 0.496 e. The fourth-order valence-electron chi connectivity index (χ4n) is 2.23. The average molecular weight is 275 g/mol. The van der Waals surface area contributed by atoms with Gasteiger partial charge in [0, 0.05) is 18.3 Å². The molecule has 0 amide bonds. The van der Waals surface area contributed by atoms with E-state index in [-0.39, 0.29) is 5.82 Å². The Hall–Kier alpha value is -2.07. The lowest BCUT2D eigenvalue weighted by Gasteiger charge is -2.25. The van der Waals surface area contributed by atoms with E-state index in [1.807, 2.05) is 30.1 Å². The minimum Gasteiger partial charge on any atom is -0.496 e. The number of aliphatic hydroxyl groups excluding tert-OH is 1. The number of rotatable bonds is 4. The first-order valence-electron chi connectivity index (χ1n) is 6.39. The summed E-state index contributed by atoms with van der Waals surface area (Å²) in [5.41, 5.74) is 2.37. The topological polar surface area (TPSA) is 32.7 Å². The van der Waals surface area contributed by atoms with Crippen LogP contribution in [0, 0.1) is 5.82 Å². The van der Waals surface area contributed by atoms with Gasteiger partial charge in [-0.2, -0.15) is 0 Å². The van der Waals surface area contributed by atoms with E-state index in [1.54, 1.807) is 26.2 Å². The number of hydrogen-bond acceptors (Lipinski definition) is 3. The molecule has 4 heteroatoms. The average Bonchev–Trinajstić information content (AvgIpc) is 2.46. The first-order chi connectivity index (χ1) is 9.54. The van der Waals surface area contributed by atoms with E-state index in [1.165, 1.54) is 12.1 Å². The second-order valence-electron chi connectivity index (χ2n) is 4.60. The first kappa shape index (κ1) is 14.3. The molecule has 0 aliphatic carbocycles. The van der Waals surface area contributed by atoms with Crippen molar-refractivity contribution in [2.24, 2.45) is 0 Å². The van der Waals surface area contributed by atoms with E-state index < -0.39 is 6.10 Å². The van der Waals surface area contributed by atoms with Gasteiger partial charge in [0.1, 0.15) is 11.6 Å². The molecule has 2 rings (SSSR count). The molecule has 0 saturated heterocycles. The van der Waals surface area contributed by atoms with Crippen LogP contribution in [0.5, 0.6) is 5.75 Å². The minimum atomic E-state index is -0.663. The summed E-state index contributed by atoms with van der Waals surface area (Å²) >= 11 is 0. The summed E-state index contributed by atoms with van der Waals surface area (Å²) in [4.78, 5) is 1.89. The lowest BCUT2D eigenvalue weighted by Crippen LogP contribution is -2.13. The van der Waals surface area contributed by atoms with Crippen LogP contribution in [0.15, 0.2) is 42.5 Å². The minimum absolute atomic E-state index is 0.274. The fraction of sp³-hybridized carbons (Fsp3) is 0.250. The first-order valence-corrected chi connectivity index (χ1v) is 6.39. The number of nitrogens with zero attached hydrogens (tertiary/aromatic N) is 1. The molecule has 0 aromatic heterocycles. The summed E-state index contributed by atoms with van der Waals surface area (Å²) in [6.45, 7) is 1.69. The maximum atomic E-state index is 13.0. The van der Waals surface area contributed by atoms with Crippen molar-refractivity contribution in [1.29, 1.82) is 0 Å². The van der Waals surface area contributed by atoms with Crippen molar-refractivity contribution in [3.05, 3.63) is 53.8 Å². The molecule has 0 saturated carbocycles. The van der Waals surface area contributed by atoms with Gasteiger partial charge < -0.3 is 14.7 Å². The monoisotopic (exact) mass is 275 g/mol. The zero-order valence-corrected chi connectivity index (χ0v) is 11.8. The summed E-state index contributed by atoms with van der Waals surface area (Å²) in [6, 6.07) is 11.8. The van der Waals surface area contributed by atoms with Gasteiger partial charge in [-0.05, 0) is 43.3 Å². The van der Waals surface area contributed by atoms with Gasteiger partial charge in [0.25, 0.3) is 0 Å². The van der Waals surface area contributed by atoms with Crippen molar-refractivity contribution in [2.45, 2.75) is 13.0 Å². The molecular formula is C16H18FNO2. The molecule has 0 spiro atoms. The van der Waals surface area contributed by atoms with Crippen molar-refractivity contribution in [3.63, 3.8) is 0 Å². The Labute approximate surface area is 118 Å². The number of anilines is 2. The highest BCUT2D eigenvalue weighted by molar-refractivity contribution is 5.69. The van der Waals surface area contributed by atoms with Gasteiger partial charge in [0.2, 0.25) is 0 Å². The van der Waals surface area contributed by atoms with Gasteiger partial charge in [-0.1, -0.05) is 6.07 Å². The van der Waals surface area contributed by atoms with Crippen molar-refractivity contribution in [1.82, 2.24) is 0 Å². The zero-order chi connectivity index (χ0) is 14.7. The van der Waals surface area contributed by atoms with Crippen LogP contribution >= 0.6 is 0 Å². The van der Waals surface area contributed by atoms with Crippen LogP contribution in [-0.4, -0.2) is 19.3 Å². The Balaban J connectivity index is 2.48. The lowest BCUT2D eigenvalue weighted by molar-refractivity contribution is 0.195. The predicted octanol–water partition coefficient (Wildman–Crippen LogP) is 3.66. The summed E-state index contributed by atoms with van der Waals surface area (Å²) < 4.78 is 18.3. The molecule has 0 aliphatic heterocycles. The summed E-state index contributed by atoms with van der Waals surface area (Å²) in [6.07, 6.45) is -0.663. The van der Waals surface area contributed by atoms with Gasteiger partial charge in [0.05, 0.1) is 18.9 Å². The van der Waals surface area contributed by atoms with E-state index in [9.17, 15) is 9.50 Å². The smallest absolute Gasteiger partial charge is 0.126 e. The lowest BCUT2D eigenvalue weighted by atomic mass is 10.1. The SMILES string of the molecule is COc1cccc(N(C)c2ccc(F)cc2)c1C(C)O. The van der Waals surface area contributed by atoms with Crippen molar-refractivity contribution in [2.75, 3.05) is 19.1 Å². The van der Waals surface area contributed by atoms with Crippen LogP contribution in [-0.2, 0) is 0 Å². The molecule has 0 fully saturated rings. The van der Waals surface area contributed by atoms with E-state index in [2.05, 4.69) is 0 Å². The van der Waals surface area contributed by atoms with Crippen LogP contribution in [0.25, 0.3) is 0 Å². The van der Waals surface area contributed by atoms with E-state index >= 15 is 0 Å². The Morgan fingerprint density at radius 3 is 2.35 bits per heavy atom. The van der Waals surface area contributed by atoms with Crippen LogP contribution < -0.4 is 9.64 Å². The van der Waals surface area contributed by atoms with E-state index in [4.69, 9.17) is 4.74 Å². The quantitative estimate of drug-likeness (QED) is 0.924. The maximum Gasteiger partial charge on any atom is 0.126 e. The van der Waals surface area contributed by atoms with Crippen LogP contribution in [0.1, 0.15) is 18.6 Å². The van der Waals surface area contributed by atoms with Gasteiger partial charge in [-0.3, -0.25) is 0 Å². The molecule has 3 nitrogen and oxygen atoms in total. The molecule has 1 N–H and O–H groups in total. The summed E-state index contributed by atoms with van der Waals surface area (Å²) in [7, 11) is 3.44. The number of hydrogen-bond donors (Lipinski definition) is 1. The third-order valence-electron chi connectivity index (χ3n) is 3.26. The number of halogens is 1. The van der Waals surface area contributed by atoms with Gasteiger partial charge in [-0.25, -0.2) is 4.39 Å². The molecular weight excluding hydrogens is 257 g/mol. The second kappa shape index (κ2) is 5.92. The highest BCUT2D eigenvalue weighted by Crippen LogP contribution is 2.36.